The first-order valence-corrected chi connectivity index (χ1v) is 14.2. The van der Waals surface area contributed by atoms with Gasteiger partial charge in [-0.05, 0) is 92.9 Å². The lowest BCUT2D eigenvalue weighted by molar-refractivity contribution is -0.137. The third-order valence-corrected chi connectivity index (χ3v) is 8.50. The summed E-state index contributed by atoms with van der Waals surface area (Å²) >= 11 is 1.88. The summed E-state index contributed by atoms with van der Waals surface area (Å²) in [7, 11) is 1.64. The van der Waals surface area contributed by atoms with Crippen molar-refractivity contribution in [2.75, 3.05) is 32.5 Å². The average Bonchev–Trinajstić information content (AvgIpc) is 2.90. The summed E-state index contributed by atoms with van der Waals surface area (Å²) in [6.07, 6.45) is 4.60. The summed E-state index contributed by atoms with van der Waals surface area (Å²) in [5.74, 6) is 1.78. The van der Waals surface area contributed by atoms with E-state index in [0.29, 0.717) is 24.7 Å². The number of ether oxygens (including phenoxy) is 1. The molecule has 7 heteroatoms. The number of hydrogen-bond donors (Lipinski definition) is 2. The van der Waals surface area contributed by atoms with Crippen molar-refractivity contribution in [3.63, 3.8) is 0 Å². The van der Waals surface area contributed by atoms with Crippen LogP contribution >= 0.6 is 11.8 Å². The number of aromatic nitrogens is 1. The van der Waals surface area contributed by atoms with Gasteiger partial charge in [0, 0.05) is 41.7 Å². The molecule has 3 atom stereocenters. The summed E-state index contributed by atoms with van der Waals surface area (Å²) < 4.78 is 5.38. The van der Waals surface area contributed by atoms with Crippen molar-refractivity contribution >= 4 is 28.6 Å². The fourth-order valence-electron chi connectivity index (χ4n) is 5.46. The number of nitrogens with zero attached hydrogens (tertiary/aromatic N) is 2. The lowest BCUT2D eigenvalue weighted by Gasteiger charge is -2.39. The summed E-state index contributed by atoms with van der Waals surface area (Å²) in [4.78, 5) is 19.6. The first-order valence-electron chi connectivity index (χ1n) is 13.2. The van der Waals surface area contributed by atoms with Gasteiger partial charge in [-0.15, -0.1) is 11.8 Å². The first kappa shape index (κ1) is 27.4. The van der Waals surface area contributed by atoms with Crippen LogP contribution in [0.15, 0.2) is 59.6 Å². The molecule has 1 unspecified atom stereocenters. The van der Waals surface area contributed by atoms with Crippen molar-refractivity contribution in [3.05, 3.63) is 65.9 Å². The number of hydrogen-bond acceptors (Lipinski definition) is 6. The Hall–Kier alpha value is -2.61. The molecule has 1 aliphatic heterocycles. The second kappa shape index (κ2) is 13.3. The highest BCUT2D eigenvalue weighted by Gasteiger charge is 2.30. The summed E-state index contributed by atoms with van der Waals surface area (Å²) in [5.41, 5.74) is 2.99. The molecule has 1 aromatic heterocycles. The van der Waals surface area contributed by atoms with Crippen LogP contribution < -0.4 is 4.74 Å². The van der Waals surface area contributed by atoms with Crippen LogP contribution in [0.4, 0.5) is 0 Å². The van der Waals surface area contributed by atoms with E-state index in [9.17, 15) is 15.0 Å². The van der Waals surface area contributed by atoms with Crippen LogP contribution in [-0.4, -0.2) is 58.6 Å². The molecule has 1 saturated heterocycles. The number of aliphatic carboxylic acids is 1. The minimum atomic E-state index is -0.733. The van der Waals surface area contributed by atoms with E-state index < -0.39 is 12.1 Å². The molecule has 1 aliphatic rings. The van der Waals surface area contributed by atoms with E-state index in [2.05, 4.69) is 41.1 Å². The van der Waals surface area contributed by atoms with Crippen molar-refractivity contribution < 1.29 is 19.7 Å². The molecular weight excluding hydrogens is 484 g/mol. The Morgan fingerprint density at radius 1 is 1.19 bits per heavy atom. The number of carboxylic acids is 1. The van der Waals surface area contributed by atoms with E-state index in [4.69, 9.17) is 4.74 Å². The number of rotatable bonds is 12. The van der Waals surface area contributed by atoms with Crippen LogP contribution in [0, 0.1) is 18.8 Å². The number of carboxylic acid groups (broad SMARTS) is 1. The Morgan fingerprint density at radius 3 is 2.84 bits per heavy atom. The Kier molecular flexibility index (Phi) is 9.83. The van der Waals surface area contributed by atoms with E-state index >= 15 is 0 Å². The van der Waals surface area contributed by atoms with Crippen LogP contribution in [0.1, 0.15) is 49.3 Å². The number of likely N-dealkylation sites (tertiary alicyclic amines) is 1. The number of pyridine rings is 1. The number of aryl methyl sites for hydroxylation is 1. The molecule has 2 N–H and O–H groups in total. The maximum atomic E-state index is 11.3. The molecule has 2 heterocycles. The number of methoxy groups -OCH3 is 1. The molecule has 0 aliphatic carbocycles. The zero-order valence-corrected chi connectivity index (χ0v) is 22.6. The molecule has 37 heavy (non-hydrogen) atoms. The predicted molar refractivity (Wildman–Crippen MR) is 149 cm³/mol. The van der Waals surface area contributed by atoms with E-state index in [1.165, 1.54) is 10.5 Å². The summed E-state index contributed by atoms with van der Waals surface area (Å²) in [6.45, 7) is 5.07. The number of thioether (sulfide) groups is 1. The Bertz CT molecular complexity index is 1190. The van der Waals surface area contributed by atoms with Gasteiger partial charge in [0.25, 0.3) is 0 Å². The third kappa shape index (κ3) is 7.69. The lowest BCUT2D eigenvalue weighted by Crippen LogP contribution is -2.41. The molecule has 2 aromatic carbocycles. The molecule has 0 spiro atoms. The Morgan fingerprint density at radius 2 is 2.05 bits per heavy atom. The van der Waals surface area contributed by atoms with Gasteiger partial charge >= 0.3 is 5.97 Å². The van der Waals surface area contributed by atoms with Gasteiger partial charge in [-0.2, -0.15) is 0 Å². The van der Waals surface area contributed by atoms with Crippen molar-refractivity contribution in [3.8, 4) is 5.75 Å². The van der Waals surface area contributed by atoms with Gasteiger partial charge in [0.1, 0.15) is 5.75 Å². The van der Waals surface area contributed by atoms with Gasteiger partial charge in [0.05, 0.1) is 18.7 Å². The normalized spacial score (nSPS) is 19.1. The van der Waals surface area contributed by atoms with Crippen LogP contribution in [0.5, 0.6) is 5.75 Å². The van der Waals surface area contributed by atoms with E-state index in [0.717, 1.165) is 60.4 Å². The van der Waals surface area contributed by atoms with Gasteiger partial charge in [-0.3, -0.25) is 9.78 Å². The summed E-state index contributed by atoms with van der Waals surface area (Å²) in [5, 5.41) is 21.4. The standard InChI is InChI=1S/C30H38N2O4S/c1-21-4-3-5-25(18-21)37-17-16-32-15-13-22(23(20-32)7-11-30(34)35)6-10-29(33)26-12-14-31-28-9-8-24(36-2)19-27(26)28/h3-5,8-9,12,14,18-19,22-23,29,33H,6-7,10-11,13,15-17,20H2,1-2H3,(H,34,35)/t22-,23+,29?/m1/s1. The van der Waals surface area contributed by atoms with Crippen molar-refractivity contribution in [1.82, 2.24) is 9.88 Å². The maximum absolute atomic E-state index is 11.3. The Labute approximate surface area is 224 Å². The largest absolute Gasteiger partial charge is 0.497 e. The molecule has 0 radical (unpaired) electrons. The Balaban J connectivity index is 1.35. The van der Waals surface area contributed by atoms with Gasteiger partial charge < -0.3 is 19.8 Å². The fourth-order valence-corrected chi connectivity index (χ4v) is 6.49. The van der Waals surface area contributed by atoms with Crippen LogP contribution in [0.2, 0.25) is 0 Å². The number of piperidine rings is 1. The number of aliphatic hydroxyl groups excluding tert-OH is 1. The second-order valence-electron chi connectivity index (χ2n) is 10.1. The highest BCUT2D eigenvalue weighted by atomic mass is 32.2. The van der Waals surface area contributed by atoms with Crippen molar-refractivity contribution in [2.24, 2.45) is 11.8 Å². The number of fused-ring (bicyclic) bond motifs is 1. The number of aliphatic hydroxyl groups is 1. The van der Waals surface area contributed by atoms with E-state index in [1.54, 1.807) is 13.3 Å². The average molecular weight is 523 g/mol. The van der Waals surface area contributed by atoms with Gasteiger partial charge in [-0.25, -0.2) is 0 Å². The lowest BCUT2D eigenvalue weighted by atomic mass is 9.79. The smallest absolute Gasteiger partial charge is 0.303 e. The molecule has 0 amide bonds. The number of carbonyl (C=O) groups is 1. The zero-order valence-electron chi connectivity index (χ0n) is 21.8. The highest BCUT2D eigenvalue weighted by molar-refractivity contribution is 7.99. The molecule has 0 bridgehead atoms. The third-order valence-electron chi connectivity index (χ3n) is 7.52. The van der Waals surface area contributed by atoms with Gasteiger partial charge in [0.2, 0.25) is 0 Å². The van der Waals surface area contributed by atoms with E-state index in [-0.39, 0.29) is 6.42 Å². The monoisotopic (exact) mass is 522 g/mol. The van der Waals surface area contributed by atoms with Crippen LogP contribution in [0.25, 0.3) is 10.9 Å². The fraction of sp³-hybridized carbons (Fsp3) is 0.467. The predicted octanol–water partition coefficient (Wildman–Crippen LogP) is 5.96. The second-order valence-corrected chi connectivity index (χ2v) is 11.3. The maximum Gasteiger partial charge on any atom is 0.303 e. The summed E-state index contributed by atoms with van der Waals surface area (Å²) in [6, 6.07) is 16.2. The quantitative estimate of drug-likeness (QED) is 0.284. The molecule has 198 valence electrons. The SMILES string of the molecule is COc1ccc2nccc(C(O)CC[C@@H]3CCN(CCSc4cccc(C)c4)C[C@@H]3CCC(=O)O)c2c1. The zero-order chi connectivity index (χ0) is 26.2. The van der Waals surface area contributed by atoms with Crippen LogP contribution in [-0.2, 0) is 4.79 Å². The highest BCUT2D eigenvalue weighted by Crippen LogP contribution is 2.35. The van der Waals surface area contributed by atoms with Gasteiger partial charge in [0.15, 0.2) is 0 Å². The molecule has 4 rings (SSSR count). The van der Waals surface area contributed by atoms with Crippen molar-refractivity contribution in [1.29, 1.82) is 0 Å². The molecule has 6 nitrogen and oxygen atoms in total. The topological polar surface area (TPSA) is 82.9 Å². The molecule has 3 aromatic rings. The van der Waals surface area contributed by atoms with Gasteiger partial charge in [-0.1, -0.05) is 17.7 Å². The van der Waals surface area contributed by atoms with Crippen molar-refractivity contribution in [2.45, 2.75) is 50.0 Å². The first-order chi connectivity index (χ1) is 17.9. The molecule has 1 fully saturated rings. The van der Waals surface area contributed by atoms with E-state index in [1.807, 2.05) is 36.0 Å². The van der Waals surface area contributed by atoms with Crippen LogP contribution in [0.3, 0.4) is 0 Å². The minimum absolute atomic E-state index is 0.199. The number of benzene rings is 2. The molecule has 0 saturated carbocycles. The molecular formula is C30H38N2O4S. The minimum Gasteiger partial charge on any atom is -0.497 e.